The Kier molecular flexibility index (Phi) is 4.32. The van der Waals surface area contributed by atoms with Gasteiger partial charge in [0.15, 0.2) is 0 Å². The molecule has 2 aromatic heterocycles. The number of aromatic nitrogens is 4. The maximum atomic E-state index is 12.7. The van der Waals surface area contributed by atoms with Crippen molar-refractivity contribution in [3.63, 3.8) is 0 Å². The Morgan fingerprint density at radius 1 is 1.12 bits per heavy atom. The Hall–Kier alpha value is -3.26. The summed E-state index contributed by atoms with van der Waals surface area (Å²) < 4.78 is 1.74. The van der Waals surface area contributed by atoms with Crippen molar-refractivity contribution in [2.24, 2.45) is 0 Å². The summed E-state index contributed by atoms with van der Waals surface area (Å²) in [4.78, 5) is 22.9. The summed E-state index contributed by atoms with van der Waals surface area (Å²) >= 11 is 0. The first-order chi connectivity index (χ1) is 12.7. The summed E-state index contributed by atoms with van der Waals surface area (Å²) in [7, 11) is 0. The summed E-state index contributed by atoms with van der Waals surface area (Å²) in [5.74, 6) is 0.319. The van der Waals surface area contributed by atoms with Gasteiger partial charge in [-0.25, -0.2) is 9.97 Å². The molecule has 1 amide bonds. The molecule has 3 heterocycles. The molecule has 0 bridgehead atoms. The standard InChI is InChI=1S/C18H18N6O2/c25-7-6-24-16-12-23(11-14(16)10-21-24)17(26)13-8-19-18(20-9-13)22-15-4-2-1-3-5-15/h1-5,8-10,25H,6-7,11-12H2,(H,19,20,22). The van der Waals surface area contributed by atoms with Crippen LogP contribution in [-0.2, 0) is 19.6 Å². The van der Waals surface area contributed by atoms with Gasteiger partial charge in [0.25, 0.3) is 5.91 Å². The van der Waals surface area contributed by atoms with Crippen LogP contribution in [0.3, 0.4) is 0 Å². The number of rotatable bonds is 5. The third-order valence-electron chi connectivity index (χ3n) is 4.26. The minimum atomic E-state index is -0.122. The molecule has 0 aliphatic carbocycles. The van der Waals surface area contributed by atoms with Crippen molar-refractivity contribution < 1.29 is 9.90 Å². The second-order valence-electron chi connectivity index (χ2n) is 6.01. The third kappa shape index (κ3) is 3.14. The van der Waals surface area contributed by atoms with Gasteiger partial charge in [-0.1, -0.05) is 18.2 Å². The highest BCUT2D eigenvalue weighted by atomic mass is 16.3. The third-order valence-corrected chi connectivity index (χ3v) is 4.26. The zero-order chi connectivity index (χ0) is 17.9. The predicted octanol–water partition coefficient (Wildman–Crippen LogP) is 1.56. The minimum Gasteiger partial charge on any atom is -0.394 e. The van der Waals surface area contributed by atoms with Crippen LogP contribution in [0.4, 0.5) is 11.6 Å². The van der Waals surface area contributed by atoms with Crippen molar-refractivity contribution in [1.82, 2.24) is 24.6 Å². The number of hydrogen-bond acceptors (Lipinski definition) is 6. The van der Waals surface area contributed by atoms with Crippen LogP contribution in [0.5, 0.6) is 0 Å². The quantitative estimate of drug-likeness (QED) is 0.725. The van der Waals surface area contributed by atoms with Crippen molar-refractivity contribution in [2.75, 3.05) is 11.9 Å². The summed E-state index contributed by atoms with van der Waals surface area (Å²) in [6, 6.07) is 9.60. The van der Waals surface area contributed by atoms with Gasteiger partial charge in [0.05, 0.1) is 37.2 Å². The molecular weight excluding hydrogens is 332 g/mol. The molecule has 8 nitrogen and oxygen atoms in total. The molecule has 1 aromatic carbocycles. The fourth-order valence-electron chi connectivity index (χ4n) is 2.97. The number of para-hydroxylation sites is 1. The second kappa shape index (κ2) is 6.93. The largest absolute Gasteiger partial charge is 0.394 e. The van der Waals surface area contributed by atoms with Crippen molar-refractivity contribution in [1.29, 1.82) is 0 Å². The minimum absolute atomic E-state index is 0.0196. The highest BCUT2D eigenvalue weighted by Gasteiger charge is 2.28. The molecular formula is C18H18N6O2. The predicted molar refractivity (Wildman–Crippen MR) is 94.6 cm³/mol. The van der Waals surface area contributed by atoms with E-state index in [0.717, 1.165) is 16.9 Å². The van der Waals surface area contributed by atoms with Crippen molar-refractivity contribution >= 4 is 17.5 Å². The van der Waals surface area contributed by atoms with Gasteiger partial charge < -0.3 is 15.3 Å². The molecule has 3 aromatic rings. The van der Waals surface area contributed by atoms with Crippen LogP contribution in [0.15, 0.2) is 48.9 Å². The van der Waals surface area contributed by atoms with E-state index >= 15 is 0 Å². The van der Waals surface area contributed by atoms with Gasteiger partial charge >= 0.3 is 0 Å². The molecule has 1 aliphatic rings. The smallest absolute Gasteiger partial charge is 0.257 e. The Morgan fingerprint density at radius 3 is 2.62 bits per heavy atom. The van der Waals surface area contributed by atoms with Gasteiger partial charge in [-0.15, -0.1) is 0 Å². The monoisotopic (exact) mass is 350 g/mol. The van der Waals surface area contributed by atoms with Crippen molar-refractivity contribution in [3.8, 4) is 0 Å². The van der Waals surface area contributed by atoms with E-state index in [1.807, 2.05) is 30.3 Å². The molecule has 0 fully saturated rings. The number of hydrogen-bond donors (Lipinski definition) is 2. The van der Waals surface area contributed by atoms with E-state index in [1.165, 1.54) is 12.4 Å². The van der Waals surface area contributed by atoms with E-state index in [2.05, 4.69) is 20.4 Å². The lowest BCUT2D eigenvalue weighted by atomic mass is 10.3. The lowest BCUT2D eigenvalue weighted by molar-refractivity contribution is 0.0747. The van der Waals surface area contributed by atoms with Gasteiger partial charge in [-0.3, -0.25) is 9.48 Å². The molecule has 8 heteroatoms. The average Bonchev–Trinajstić information content (AvgIpc) is 3.25. The molecule has 0 unspecified atom stereocenters. The number of carbonyl (C=O) groups excluding carboxylic acids is 1. The fraction of sp³-hybridized carbons (Fsp3) is 0.222. The lowest BCUT2D eigenvalue weighted by Crippen LogP contribution is -2.26. The molecule has 0 radical (unpaired) electrons. The summed E-state index contributed by atoms with van der Waals surface area (Å²) in [6.45, 7) is 1.42. The highest BCUT2D eigenvalue weighted by Crippen LogP contribution is 2.24. The number of nitrogens with zero attached hydrogens (tertiary/aromatic N) is 5. The van der Waals surface area contributed by atoms with Gasteiger partial charge in [-0.2, -0.15) is 5.10 Å². The number of fused-ring (bicyclic) bond motifs is 1. The lowest BCUT2D eigenvalue weighted by Gasteiger charge is -2.16. The number of benzene rings is 1. The zero-order valence-corrected chi connectivity index (χ0v) is 14.0. The Labute approximate surface area is 150 Å². The van der Waals surface area contributed by atoms with Crippen LogP contribution >= 0.6 is 0 Å². The van der Waals surface area contributed by atoms with Crippen LogP contribution < -0.4 is 5.32 Å². The molecule has 1 aliphatic heterocycles. The van der Waals surface area contributed by atoms with Gasteiger partial charge in [0.2, 0.25) is 5.95 Å². The number of carbonyl (C=O) groups is 1. The number of anilines is 2. The molecule has 4 rings (SSSR count). The van der Waals surface area contributed by atoms with Crippen LogP contribution in [-0.4, -0.2) is 42.3 Å². The molecule has 0 atom stereocenters. The highest BCUT2D eigenvalue weighted by molar-refractivity contribution is 5.94. The molecule has 0 saturated heterocycles. The molecule has 2 N–H and O–H groups in total. The van der Waals surface area contributed by atoms with E-state index in [4.69, 9.17) is 5.11 Å². The SMILES string of the molecule is O=C(c1cnc(Nc2ccccc2)nc1)N1Cc2cnn(CCO)c2C1. The molecule has 0 saturated carbocycles. The van der Waals surface area contributed by atoms with Gasteiger partial charge in [0.1, 0.15) is 0 Å². The van der Waals surface area contributed by atoms with E-state index < -0.39 is 0 Å². The Bertz CT molecular complexity index is 907. The van der Waals surface area contributed by atoms with E-state index in [0.29, 0.717) is 31.1 Å². The normalized spacial score (nSPS) is 12.9. The summed E-state index contributed by atoms with van der Waals surface area (Å²) in [5, 5.41) is 16.4. The van der Waals surface area contributed by atoms with Crippen molar-refractivity contribution in [3.05, 3.63) is 65.7 Å². The summed E-state index contributed by atoms with van der Waals surface area (Å²) in [5.41, 5.74) is 3.30. The van der Waals surface area contributed by atoms with E-state index in [1.54, 1.807) is 15.8 Å². The van der Waals surface area contributed by atoms with Gasteiger partial charge in [0, 0.05) is 30.2 Å². The van der Waals surface area contributed by atoms with Crippen LogP contribution in [0.25, 0.3) is 0 Å². The summed E-state index contributed by atoms with van der Waals surface area (Å²) in [6.07, 6.45) is 4.81. The molecule has 26 heavy (non-hydrogen) atoms. The average molecular weight is 350 g/mol. The van der Waals surface area contributed by atoms with E-state index in [9.17, 15) is 4.79 Å². The van der Waals surface area contributed by atoms with E-state index in [-0.39, 0.29) is 12.5 Å². The van der Waals surface area contributed by atoms with Crippen LogP contribution in [0, 0.1) is 0 Å². The van der Waals surface area contributed by atoms with Crippen LogP contribution in [0.1, 0.15) is 21.6 Å². The van der Waals surface area contributed by atoms with Crippen molar-refractivity contribution in [2.45, 2.75) is 19.6 Å². The first kappa shape index (κ1) is 16.2. The number of nitrogens with one attached hydrogen (secondary N) is 1. The number of aliphatic hydroxyl groups is 1. The van der Waals surface area contributed by atoms with Gasteiger partial charge in [-0.05, 0) is 12.1 Å². The Morgan fingerprint density at radius 2 is 1.88 bits per heavy atom. The topological polar surface area (TPSA) is 96.2 Å². The second-order valence-corrected chi connectivity index (χ2v) is 6.01. The number of amides is 1. The van der Waals surface area contributed by atoms with Crippen LogP contribution in [0.2, 0.25) is 0 Å². The zero-order valence-electron chi connectivity index (χ0n) is 14.0. The first-order valence-electron chi connectivity index (χ1n) is 8.32. The first-order valence-corrected chi connectivity index (χ1v) is 8.32. The fourth-order valence-corrected chi connectivity index (χ4v) is 2.97. The maximum absolute atomic E-state index is 12.7. The molecule has 0 spiro atoms. The Balaban J connectivity index is 1.44. The number of aliphatic hydroxyl groups excluding tert-OH is 1. The molecule has 132 valence electrons. The maximum Gasteiger partial charge on any atom is 0.257 e.